The molecule has 0 bridgehead atoms. The summed E-state index contributed by atoms with van der Waals surface area (Å²) in [5.74, 6) is -0.803. The van der Waals surface area contributed by atoms with Crippen molar-refractivity contribution in [3.63, 3.8) is 0 Å². The monoisotopic (exact) mass is 195 g/mol. The van der Waals surface area contributed by atoms with Gasteiger partial charge in [0.15, 0.2) is 0 Å². The number of hydrogen-bond donors (Lipinski definition) is 1. The van der Waals surface area contributed by atoms with E-state index in [9.17, 15) is 18.0 Å². The second-order valence-electron chi connectivity index (χ2n) is 3.64. The predicted molar refractivity (Wildman–Crippen MR) is 40.8 cm³/mol. The van der Waals surface area contributed by atoms with Crippen LogP contribution in [0, 0.1) is 5.41 Å². The van der Waals surface area contributed by atoms with E-state index in [-0.39, 0.29) is 12.8 Å². The lowest BCUT2D eigenvalue weighted by molar-refractivity contribution is -0.166. The number of carbonyl (C=O) groups is 1. The molecule has 5 heteroatoms. The fourth-order valence-electron chi connectivity index (χ4n) is 1.95. The van der Waals surface area contributed by atoms with Gasteiger partial charge in [-0.05, 0) is 12.8 Å². The summed E-state index contributed by atoms with van der Waals surface area (Å²) >= 11 is 0. The van der Waals surface area contributed by atoms with Crippen LogP contribution in [-0.2, 0) is 4.79 Å². The second kappa shape index (κ2) is 3.20. The van der Waals surface area contributed by atoms with Gasteiger partial charge in [0.2, 0.25) is 5.91 Å². The summed E-state index contributed by atoms with van der Waals surface area (Å²) in [7, 11) is 0. The fourth-order valence-corrected chi connectivity index (χ4v) is 1.95. The number of alkyl halides is 3. The van der Waals surface area contributed by atoms with Crippen LogP contribution in [0.5, 0.6) is 0 Å². The van der Waals surface area contributed by atoms with Gasteiger partial charge < -0.3 is 5.73 Å². The van der Waals surface area contributed by atoms with Crippen molar-refractivity contribution >= 4 is 5.91 Å². The molecule has 0 aromatic carbocycles. The molecule has 0 aromatic rings. The highest BCUT2D eigenvalue weighted by molar-refractivity contribution is 5.81. The van der Waals surface area contributed by atoms with Crippen molar-refractivity contribution in [1.82, 2.24) is 0 Å². The van der Waals surface area contributed by atoms with Crippen LogP contribution < -0.4 is 5.73 Å². The molecule has 2 N–H and O–H groups in total. The second-order valence-corrected chi connectivity index (χ2v) is 3.64. The molecule has 0 saturated heterocycles. The van der Waals surface area contributed by atoms with Crippen molar-refractivity contribution < 1.29 is 18.0 Å². The Kier molecular flexibility index (Phi) is 2.54. The lowest BCUT2D eigenvalue weighted by Gasteiger charge is -2.25. The zero-order valence-corrected chi connectivity index (χ0v) is 7.16. The summed E-state index contributed by atoms with van der Waals surface area (Å²) in [5, 5.41) is 0. The third kappa shape index (κ3) is 2.35. The topological polar surface area (TPSA) is 43.1 Å². The van der Waals surface area contributed by atoms with E-state index < -0.39 is 23.9 Å². The van der Waals surface area contributed by atoms with Crippen LogP contribution >= 0.6 is 0 Å². The molecule has 1 saturated carbocycles. The van der Waals surface area contributed by atoms with E-state index in [4.69, 9.17) is 5.73 Å². The van der Waals surface area contributed by atoms with Gasteiger partial charge in [-0.1, -0.05) is 12.8 Å². The Labute approximate surface area is 74.3 Å². The average molecular weight is 195 g/mol. The zero-order chi connectivity index (χ0) is 10.1. The maximum Gasteiger partial charge on any atom is 0.390 e. The molecule has 1 amide bonds. The molecule has 0 heterocycles. The van der Waals surface area contributed by atoms with E-state index >= 15 is 0 Å². The number of halogens is 3. The third-order valence-corrected chi connectivity index (χ3v) is 2.62. The van der Waals surface area contributed by atoms with Gasteiger partial charge in [0, 0.05) is 0 Å². The van der Waals surface area contributed by atoms with Gasteiger partial charge in [-0.25, -0.2) is 0 Å². The van der Waals surface area contributed by atoms with Crippen LogP contribution in [0.1, 0.15) is 32.1 Å². The van der Waals surface area contributed by atoms with Crippen molar-refractivity contribution in [2.24, 2.45) is 11.1 Å². The van der Waals surface area contributed by atoms with E-state index in [0.717, 1.165) is 0 Å². The standard InChI is InChI=1S/C8H12F3NO/c9-8(10,11)5-7(6(12)13)3-1-2-4-7/h1-5H2,(H2,12,13). The largest absolute Gasteiger partial charge is 0.390 e. The Morgan fingerprint density at radius 1 is 1.31 bits per heavy atom. The smallest absolute Gasteiger partial charge is 0.369 e. The van der Waals surface area contributed by atoms with E-state index in [0.29, 0.717) is 12.8 Å². The molecule has 1 aliphatic carbocycles. The molecule has 0 aliphatic heterocycles. The minimum Gasteiger partial charge on any atom is -0.369 e. The molecule has 1 rings (SSSR count). The van der Waals surface area contributed by atoms with E-state index in [1.165, 1.54) is 0 Å². The van der Waals surface area contributed by atoms with Crippen molar-refractivity contribution in [3.8, 4) is 0 Å². The Morgan fingerprint density at radius 3 is 2.08 bits per heavy atom. The molecule has 0 radical (unpaired) electrons. The van der Waals surface area contributed by atoms with E-state index in [1.807, 2.05) is 0 Å². The molecule has 76 valence electrons. The Hall–Kier alpha value is -0.740. The lowest BCUT2D eigenvalue weighted by Crippen LogP contribution is -2.38. The summed E-state index contributed by atoms with van der Waals surface area (Å²) in [6, 6.07) is 0. The van der Waals surface area contributed by atoms with Crippen LogP contribution in [0.4, 0.5) is 13.2 Å². The SMILES string of the molecule is NC(=O)C1(CC(F)(F)F)CCCC1. The lowest BCUT2D eigenvalue weighted by atomic mass is 9.82. The Morgan fingerprint density at radius 2 is 1.77 bits per heavy atom. The van der Waals surface area contributed by atoms with Gasteiger partial charge in [0.1, 0.15) is 0 Å². The Bertz CT molecular complexity index is 206. The van der Waals surface area contributed by atoms with Crippen LogP contribution in [0.15, 0.2) is 0 Å². The highest BCUT2D eigenvalue weighted by Gasteiger charge is 2.47. The van der Waals surface area contributed by atoms with Gasteiger partial charge in [-0.15, -0.1) is 0 Å². The highest BCUT2D eigenvalue weighted by Crippen LogP contribution is 2.45. The molecule has 1 fully saturated rings. The first-order chi connectivity index (χ1) is 5.86. The number of carbonyl (C=O) groups excluding carboxylic acids is 1. The molecule has 1 aliphatic rings. The maximum atomic E-state index is 12.1. The summed E-state index contributed by atoms with van der Waals surface area (Å²) in [4.78, 5) is 10.9. The van der Waals surface area contributed by atoms with Gasteiger partial charge >= 0.3 is 6.18 Å². The van der Waals surface area contributed by atoms with Crippen LogP contribution in [0.3, 0.4) is 0 Å². The number of hydrogen-bond acceptors (Lipinski definition) is 1. The molecule has 0 aromatic heterocycles. The number of nitrogens with two attached hydrogens (primary N) is 1. The first kappa shape index (κ1) is 10.3. The molecule has 0 atom stereocenters. The Balaban J connectivity index is 2.74. The normalized spacial score (nSPS) is 21.8. The average Bonchev–Trinajstić information content (AvgIpc) is 2.33. The molecule has 13 heavy (non-hydrogen) atoms. The first-order valence-corrected chi connectivity index (χ1v) is 4.22. The number of rotatable bonds is 2. The third-order valence-electron chi connectivity index (χ3n) is 2.62. The van der Waals surface area contributed by atoms with Gasteiger partial charge in [0.25, 0.3) is 0 Å². The highest BCUT2D eigenvalue weighted by atomic mass is 19.4. The molecule has 0 unspecified atom stereocenters. The van der Waals surface area contributed by atoms with Crippen molar-refractivity contribution in [1.29, 1.82) is 0 Å². The minimum atomic E-state index is -4.29. The summed E-state index contributed by atoms with van der Waals surface area (Å²) in [6.45, 7) is 0. The first-order valence-electron chi connectivity index (χ1n) is 4.22. The molecular formula is C8H12F3NO. The molecule has 0 spiro atoms. The van der Waals surface area contributed by atoms with Crippen molar-refractivity contribution in [2.45, 2.75) is 38.3 Å². The van der Waals surface area contributed by atoms with Crippen LogP contribution in [0.25, 0.3) is 0 Å². The number of primary amides is 1. The maximum absolute atomic E-state index is 12.1. The fraction of sp³-hybridized carbons (Fsp3) is 0.875. The van der Waals surface area contributed by atoms with Gasteiger partial charge in [-0.3, -0.25) is 4.79 Å². The van der Waals surface area contributed by atoms with Crippen molar-refractivity contribution in [3.05, 3.63) is 0 Å². The minimum absolute atomic E-state index is 0.280. The van der Waals surface area contributed by atoms with Crippen LogP contribution in [0.2, 0.25) is 0 Å². The van der Waals surface area contributed by atoms with Crippen LogP contribution in [-0.4, -0.2) is 12.1 Å². The summed E-state index contributed by atoms with van der Waals surface area (Å²) in [5.41, 5.74) is 3.69. The zero-order valence-electron chi connectivity index (χ0n) is 7.16. The predicted octanol–water partition coefficient (Wildman–Crippen LogP) is 1.98. The number of amides is 1. The summed E-state index contributed by atoms with van der Waals surface area (Å²) < 4.78 is 36.3. The van der Waals surface area contributed by atoms with Gasteiger partial charge in [0.05, 0.1) is 11.8 Å². The molecular weight excluding hydrogens is 183 g/mol. The molecule has 2 nitrogen and oxygen atoms in total. The van der Waals surface area contributed by atoms with E-state index in [1.54, 1.807) is 0 Å². The quantitative estimate of drug-likeness (QED) is 0.719. The van der Waals surface area contributed by atoms with Crippen molar-refractivity contribution in [2.75, 3.05) is 0 Å². The van der Waals surface area contributed by atoms with E-state index in [2.05, 4.69) is 0 Å². The summed E-state index contributed by atoms with van der Waals surface area (Å²) in [6.07, 6.45) is -3.46. The van der Waals surface area contributed by atoms with Gasteiger partial charge in [-0.2, -0.15) is 13.2 Å².